The summed E-state index contributed by atoms with van der Waals surface area (Å²) < 4.78 is 24.1. The van der Waals surface area contributed by atoms with Crippen LogP contribution in [0.5, 0.6) is 11.5 Å². The highest BCUT2D eigenvalue weighted by molar-refractivity contribution is 7.12. The summed E-state index contributed by atoms with van der Waals surface area (Å²) >= 11 is 1.45. The molecule has 0 saturated carbocycles. The molecule has 1 amide bonds. The van der Waals surface area contributed by atoms with Crippen LogP contribution in [0.25, 0.3) is 0 Å². The summed E-state index contributed by atoms with van der Waals surface area (Å²) in [6, 6.07) is 16.0. The van der Waals surface area contributed by atoms with Gasteiger partial charge in [-0.25, -0.2) is 4.39 Å². The molecule has 0 aliphatic carbocycles. The van der Waals surface area contributed by atoms with Crippen molar-refractivity contribution in [2.45, 2.75) is 13.2 Å². The molecule has 5 nitrogen and oxygen atoms in total. The standard InChI is InChI=1S/C24H25FN2O3S/c1-29-21-3-2-4-22(14-21)30-16-19-13-23(31-17-19)24(28)27-11-9-26(10-12-27)15-18-5-7-20(25)8-6-18/h2-8,13-14,17H,9-12,15-16H2,1H3. The Labute approximate surface area is 185 Å². The maximum atomic E-state index is 13.1. The molecule has 0 spiro atoms. The predicted molar refractivity (Wildman–Crippen MR) is 119 cm³/mol. The van der Waals surface area contributed by atoms with Gasteiger partial charge >= 0.3 is 0 Å². The topological polar surface area (TPSA) is 42.0 Å². The number of nitrogens with zero attached hydrogens (tertiary/aromatic N) is 2. The third kappa shape index (κ3) is 5.62. The molecule has 3 aromatic rings. The molecule has 1 aliphatic heterocycles. The highest BCUT2D eigenvalue weighted by Gasteiger charge is 2.23. The van der Waals surface area contributed by atoms with Crippen LogP contribution in [0.2, 0.25) is 0 Å². The van der Waals surface area contributed by atoms with Gasteiger partial charge in [-0.1, -0.05) is 18.2 Å². The second-order valence-corrected chi connectivity index (χ2v) is 8.39. The zero-order valence-electron chi connectivity index (χ0n) is 17.4. The number of methoxy groups -OCH3 is 1. The summed E-state index contributed by atoms with van der Waals surface area (Å²) in [7, 11) is 1.62. The van der Waals surface area contributed by atoms with Gasteiger partial charge < -0.3 is 14.4 Å². The molecule has 1 aromatic heterocycles. The van der Waals surface area contributed by atoms with Crippen LogP contribution in [0.4, 0.5) is 4.39 Å². The van der Waals surface area contributed by atoms with E-state index in [2.05, 4.69) is 4.90 Å². The highest BCUT2D eigenvalue weighted by Crippen LogP contribution is 2.23. The highest BCUT2D eigenvalue weighted by atomic mass is 32.1. The van der Waals surface area contributed by atoms with Crippen molar-refractivity contribution in [2.24, 2.45) is 0 Å². The molecule has 0 atom stereocenters. The van der Waals surface area contributed by atoms with Crippen LogP contribution < -0.4 is 9.47 Å². The fourth-order valence-electron chi connectivity index (χ4n) is 3.53. The molecule has 1 fully saturated rings. The number of benzene rings is 2. The molecule has 1 aliphatic rings. The molecule has 0 radical (unpaired) electrons. The number of amides is 1. The Bertz CT molecular complexity index is 1010. The van der Waals surface area contributed by atoms with E-state index in [0.29, 0.717) is 19.7 Å². The van der Waals surface area contributed by atoms with Crippen molar-refractivity contribution in [2.75, 3.05) is 33.3 Å². The van der Waals surface area contributed by atoms with Gasteiger partial charge in [0.05, 0.1) is 12.0 Å². The molecular formula is C24H25FN2O3S. The van der Waals surface area contributed by atoms with Crippen molar-refractivity contribution in [3.63, 3.8) is 0 Å². The summed E-state index contributed by atoms with van der Waals surface area (Å²) in [6.45, 7) is 4.16. The predicted octanol–water partition coefficient (Wildman–Crippen LogP) is 4.43. The Balaban J connectivity index is 1.27. The molecule has 0 N–H and O–H groups in total. The van der Waals surface area contributed by atoms with Gasteiger partial charge in [0.25, 0.3) is 5.91 Å². The summed E-state index contributed by atoms with van der Waals surface area (Å²) in [5.41, 5.74) is 2.06. The van der Waals surface area contributed by atoms with Crippen molar-refractivity contribution >= 4 is 17.2 Å². The maximum absolute atomic E-state index is 13.1. The SMILES string of the molecule is COc1cccc(OCc2csc(C(=O)N3CCN(Cc4ccc(F)cc4)CC3)c2)c1. The largest absolute Gasteiger partial charge is 0.497 e. The van der Waals surface area contributed by atoms with Gasteiger partial charge in [0.1, 0.15) is 23.9 Å². The van der Waals surface area contributed by atoms with E-state index in [1.54, 1.807) is 7.11 Å². The normalized spacial score (nSPS) is 14.5. The lowest BCUT2D eigenvalue weighted by atomic mass is 10.2. The Morgan fingerprint density at radius 1 is 1.00 bits per heavy atom. The Hall–Kier alpha value is -2.90. The van der Waals surface area contributed by atoms with Gasteiger partial charge in [0, 0.05) is 44.4 Å². The number of piperazine rings is 1. The smallest absolute Gasteiger partial charge is 0.264 e. The van der Waals surface area contributed by atoms with Gasteiger partial charge in [-0.05, 0) is 41.3 Å². The van der Waals surface area contributed by atoms with Crippen LogP contribution >= 0.6 is 11.3 Å². The zero-order valence-corrected chi connectivity index (χ0v) is 18.2. The quantitative estimate of drug-likeness (QED) is 0.545. The molecule has 0 unspecified atom stereocenters. The summed E-state index contributed by atoms with van der Waals surface area (Å²) in [4.78, 5) is 17.8. The molecule has 2 aromatic carbocycles. The first-order valence-electron chi connectivity index (χ1n) is 10.2. The van der Waals surface area contributed by atoms with Crippen molar-refractivity contribution in [3.8, 4) is 11.5 Å². The monoisotopic (exact) mass is 440 g/mol. The Morgan fingerprint density at radius 3 is 2.48 bits per heavy atom. The summed E-state index contributed by atoms with van der Waals surface area (Å²) in [5.74, 6) is 1.33. The molecule has 1 saturated heterocycles. The second kappa shape index (κ2) is 9.94. The zero-order chi connectivity index (χ0) is 21.6. The Morgan fingerprint density at radius 2 is 1.74 bits per heavy atom. The number of ether oxygens (including phenoxy) is 2. The molecule has 0 bridgehead atoms. The van der Waals surface area contributed by atoms with E-state index in [1.807, 2.05) is 52.7 Å². The number of halogens is 1. The molecular weight excluding hydrogens is 415 g/mol. The maximum Gasteiger partial charge on any atom is 0.264 e. The van der Waals surface area contributed by atoms with E-state index < -0.39 is 0 Å². The van der Waals surface area contributed by atoms with Gasteiger partial charge in [0.15, 0.2) is 0 Å². The van der Waals surface area contributed by atoms with Crippen molar-refractivity contribution in [1.29, 1.82) is 0 Å². The average molecular weight is 441 g/mol. The third-order valence-corrected chi connectivity index (χ3v) is 6.26. The minimum atomic E-state index is -0.219. The first kappa shape index (κ1) is 21.3. The molecule has 4 rings (SSSR count). The van der Waals surface area contributed by atoms with Gasteiger partial charge in [-0.3, -0.25) is 9.69 Å². The van der Waals surface area contributed by atoms with E-state index in [1.165, 1.54) is 23.5 Å². The van der Waals surface area contributed by atoms with Crippen LogP contribution in [0.3, 0.4) is 0 Å². The van der Waals surface area contributed by atoms with Crippen LogP contribution in [-0.2, 0) is 13.2 Å². The fourth-order valence-corrected chi connectivity index (χ4v) is 4.40. The van der Waals surface area contributed by atoms with Crippen molar-refractivity contribution in [3.05, 3.63) is 81.8 Å². The number of hydrogen-bond acceptors (Lipinski definition) is 5. The molecule has 162 valence electrons. The summed E-state index contributed by atoms with van der Waals surface area (Å²) in [6.07, 6.45) is 0. The molecule has 7 heteroatoms. The van der Waals surface area contributed by atoms with Crippen LogP contribution in [0.1, 0.15) is 20.8 Å². The summed E-state index contributed by atoms with van der Waals surface area (Å²) in [5, 5.41) is 1.97. The minimum absolute atomic E-state index is 0.0686. The lowest BCUT2D eigenvalue weighted by Gasteiger charge is -2.34. The van der Waals surface area contributed by atoms with Crippen LogP contribution in [0, 0.1) is 5.82 Å². The van der Waals surface area contributed by atoms with E-state index >= 15 is 0 Å². The number of thiophene rings is 1. The molecule has 31 heavy (non-hydrogen) atoms. The fraction of sp³-hybridized carbons (Fsp3) is 0.292. The van der Waals surface area contributed by atoms with Crippen molar-refractivity contribution in [1.82, 2.24) is 9.80 Å². The first-order chi connectivity index (χ1) is 15.1. The molecule has 2 heterocycles. The van der Waals surface area contributed by atoms with E-state index in [0.717, 1.165) is 47.1 Å². The number of hydrogen-bond donors (Lipinski definition) is 0. The van der Waals surface area contributed by atoms with Crippen LogP contribution in [0.15, 0.2) is 60.0 Å². The second-order valence-electron chi connectivity index (χ2n) is 7.48. The Kier molecular flexibility index (Phi) is 6.84. The van der Waals surface area contributed by atoms with Crippen molar-refractivity contribution < 1.29 is 18.7 Å². The van der Waals surface area contributed by atoms with E-state index in [4.69, 9.17) is 9.47 Å². The van der Waals surface area contributed by atoms with Gasteiger partial charge in [-0.15, -0.1) is 11.3 Å². The lowest BCUT2D eigenvalue weighted by molar-refractivity contribution is 0.0633. The van der Waals surface area contributed by atoms with Gasteiger partial charge in [-0.2, -0.15) is 0 Å². The van der Waals surface area contributed by atoms with Gasteiger partial charge in [0.2, 0.25) is 0 Å². The average Bonchev–Trinajstić information content (AvgIpc) is 3.28. The lowest BCUT2D eigenvalue weighted by Crippen LogP contribution is -2.48. The first-order valence-corrected chi connectivity index (χ1v) is 11.1. The minimum Gasteiger partial charge on any atom is -0.497 e. The van der Waals surface area contributed by atoms with E-state index in [9.17, 15) is 9.18 Å². The number of carbonyl (C=O) groups is 1. The third-order valence-electron chi connectivity index (χ3n) is 5.29. The van der Waals surface area contributed by atoms with Crippen LogP contribution in [-0.4, -0.2) is 49.0 Å². The number of carbonyl (C=O) groups excluding carboxylic acids is 1. The number of rotatable bonds is 7. The van der Waals surface area contributed by atoms with E-state index in [-0.39, 0.29) is 11.7 Å².